The molecule has 9 heteroatoms. The fourth-order valence-corrected chi connectivity index (χ4v) is 3.08. The lowest BCUT2D eigenvalue weighted by Gasteiger charge is -2.33. The number of rotatable bonds is 5. The molecule has 0 bridgehead atoms. The number of nitrogens with zero attached hydrogens (tertiary/aromatic N) is 5. The molecule has 2 aromatic rings. The van der Waals surface area contributed by atoms with E-state index in [-0.39, 0.29) is 24.0 Å². The first kappa shape index (κ1) is 22.4. The van der Waals surface area contributed by atoms with E-state index < -0.39 is 0 Å². The number of aryl methyl sites for hydroxylation is 2. The molecular weight excluding hydrogens is 469 g/mol. The third-order valence-corrected chi connectivity index (χ3v) is 4.93. The van der Waals surface area contributed by atoms with Crippen molar-refractivity contribution in [1.82, 2.24) is 25.7 Å². The first-order chi connectivity index (χ1) is 13.1. The van der Waals surface area contributed by atoms with Crippen molar-refractivity contribution in [1.29, 1.82) is 0 Å². The molecule has 0 aromatic carbocycles. The standard InChI is InChI=1S/C19H29N7O.HI/c1-14-17(15(2)27-24-14)13-23-19(20-3)22-12-16-5-6-18(21-11-16)26-9-7-25(4)8-10-26;/h5-6,11H,7-10,12-13H2,1-4H3,(H2,20,22,23);1H. The first-order valence-corrected chi connectivity index (χ1v) is 9.31. The van der Waals surface area contributed by atoms with Gasteiger partial charge in [-0.3, -0.25) is 4.99 Å². The summed E-state index contributed by atoms with van der Waals surface area (Å²) < 4.78 is 5.19. The van der Waals surface area contributed by atoms with Gasteiger partial charge >= 0.3 is 0 Å². The summed E-state index contributed by atoms with van der Waals surface area (Å²) in [7, 11) is 3.92. The molecule has 28 heavy (non-hydrogen) atoms. The van der Waals surface area contributed by atoms with E-state index in [1.807, 2.05) is 20.0 Å². The second kappa shape index (κ2) is 10.6. The molecule has 154 valence electrons. The van der Waals surface area contributed by atoms with Crippen LogP contribution in [0.4, 0.5) is 5.82 Å². The Bertz CT molecular complexity index is 748. The number of aromatic nitrogens is 2. The van der Waals surface area contributed by atoms with Gasteiger partial charge in [0.1, 0.15) is 11.6 Å². The Balaban J connectivity index is 0.00000280. The molecule has 2 aromatic heterocycles. The second-order valence-electron chi connectivity index (χ2n) is 6.90. The molecule has 1 aliphatic heterocycles. The monoisotopic (exact) mass is 499 g/mol. The Labute approximate surface area is 183 Å². The minimum absolute atomic E-state index is 0. The van der Waals surface area contributed by atoms with Crippen molar-refractivity contribution < 1.29 is 4.52 Å². The summed E-state index contributed by atoms with van der Waals surface area (Å²) in [4.78, 5) is 13.6. The van der Waals surface area contributed by atoms with Crippen LogP contribution in [0.3, 0.4) is 0 Å². The van der Waals surface area contributed by atoms with Crippen LogP contribution in [0.5, 0.6) is 0 Å². The number of guanidine groups is 1. The smallest absolute Gasteiger partial charge is 0.191 e. The van der Waals surface area contributed by atoms with Crippen molar-refractivity contribution in [3.63, 3.8) is 0 Å². The van der Waals surface area contributed by atoms with Gasteiger partial charge in [-0.25, -0.2) is 4.98 Å². The molecular formula is C19H30IN7O. The topological polar surface area (TPSA) is 81.8 Å². The number of anilines is 1. The molecule has 3 heterocycles. The molecule has 0 spiro atoms. The molecule has 3 rings (SSSR count). The Morgan fingerprint density at radius 1 is 1.14 bits per heavy atom. The molecule has 0 radical (unpaired) electrons. The number of hydrogen-bond donors (Lipinski definition) is 2. The number of piperazine rings is 1. The molecule has 0 aliphatic carbocycles. The summed E-state index contributed by atoms with van der Waals surface area (Å²) in [6.07, 6.45) is 1.93. The van der Waals surface area contributed by atoms with Gasteiger partial charge in [-0.2, -0.15) is 0 Å². The lowest BCUT2D eigenvalue weighted by atomic mass is 10.2. The number of pyridine rings is 1. The highest BCUT2D eigenvalue weighted by Gasteiger charge is 2.15. The van der Waals surface area contributed by atoms with Gasteiger partial charge in [0.15, 0.2) is 5.96 Å². The van der Waals surface area contributed by atoms with Crippen molar-refractivity contribution in [2.45, 2.75) is 26.9 Å². The van der Waals surface area contributed by atoms with E-state index in [1.54, 1.807) is 7.05 Å². The van der Waals surface area contributed by atoms with Crippen LogP contribution in [0.2, 0.25) is 0 Å². The Kier molecular flexibility index (Phi) is 8.49. The number of nitrogens with one attached hydrogen (secondary N) is 2. The number of likely N-dealkylation sites (N-methyl/N-ethyl adjacent to an activating group) is 1. The van der Waals surface area contributed by atoms with Crippen molar-refractivity contribution in [2.24, 2.45) is 4.99 Å². The molecule has 1 fully saturated rings. The lowest BCUT2D eigenvalue weighted by molar-refractivity contribution is 0.312. The zero-order chi connectivity index (χ0) is 19.2. The Hall–Kier alpha value is -1.88. The van der Waals surface area contributed by atoms with E-state index in [4.69, 9.17) is 4.52 Å². The Morgan fingerprint density at radius 3 is 2.43 bits per heavy atom. The summed E-state index contributed by atoms with van der Waals surface area (Å²) in [5.74, 6) is 2.62. The first-order valence-electron chi connectivity index (χ1n) is 9.31. The SMILES string of the molecule is CN=C(NCc1ccc(N2CCN(C)CC2)nc1)NCc1c(C)noc1C.I. The van der Waals surface area contributed by atoms with Gasteiger partial charge in [0.05, 0.1) is 5.69 Å². The fraction of sp³-hybridized carbons (Fsp3) is 0.526. The lowest BCUT2D eigenvalue weighted by Crippen LogP contribution is -2.44. The largest absolute Gasteiger partial charge is 0.361 e. The molecule has 2 N–H and O–H groups in total. The van der Waals surface area contributed by atoms with E-state index in [2.05, 4.69) is 54.7 Å². The van der Waals surface area contributed by atoms with Crippen LogP contribution in [-0.4, -0.2) is 61.3 Å². The van der Waals surface area contributed by atoms with Crippen LogP contribution in [-0.2, 0) is 13.1 Å². The van der Waals surface area contributed by atoms with E-state index in [0.717, 1.165) is 60.5 Å². The molecule has 1 aliphatic rings. The van der Waals surface area contributed by atoms with Crippen molar-refractivity contribution in [3.05, 3.63) is 40.9 Å². The predicted octanol–water partition coefficient (Wildman–Crippen LogP) is 1.92. The molecule has 0 atom stereocenters. The molecule has 1 saturated heterocycles. The second-order valence-corrected chi connectivity index (χ2v) is 6.90. The summed E-state index contributed by atoms with van der Waals surface area (Å²) in [6.45, 7) is 9.37. The highest BCUT2D eigenvalue weighted by molar-refractivity contribution is 14.0. The average molecular weight is 499 g/mol. The molecule has 0 unspecified atom stereocenters. The van der Waals surface area contributed by atoms with Gasteiger partial charge in [0, 0.05) is 58.1 Å². The zero-order valence-corrected chi connectivity index (χ0v) is 19.4. The summed E-state index contributed by atoms with van der Waals surface area (Å²) in [5, 5.41) is 10.6. The number of hydrogen-bond acceptors (Lipinski definition) is 6. The average Bonchev–Trinajstić information content (AvgIpc) is 3.01. The van der Waals surface area contributed by atoms with Crippen molar-refractivity contribution in [2.75, 3.05) is 45.2 Å². The van der Waals surface area contributed by atoms with Crippen LogP contribution in [0.1, 0.15) is 22.6 Å². The maximum absolute atomic E-state index is 5.19. The minimum atomic E-state index is 0. The predicted molar refractivity (Wildman–Crippen MR) is 122 cm³/mol. The maximum atomic E-state index is 5.19. The van der Waals surface area contributed by atoms with E-state index in [9.17, 15) is 0 Å². The third kappa shape index (κ3) is 5.81. The van der Waals surface area contributed by atoms with Gasteiger partial charge in [-0.15, -0.1) is 24.0 Å². The van der Waals surface area contributed by atoms with Gasteiger partial charge in [-0.05, 0) is 32.5 Å². The van der Waals surface area contributed by atoms with Crippen molar-refractivity contribution in [3.8, 4) is 0 Å². The normalized spacial score (nSPS) is 15.3. The fourth-order valence-electron chi connectivity index (χ4n) is 3.08. The molecule has 8 nitrogen and oxygen atoms in total. The third-order valence-electron chi connectivity index (χ3n) is 4.93. The highest BCUT2D eigenvalue weighted by atomic mass is 127. The Morgan fingerprint density at radius 2 is 1.86 bits per heavy atom. The maximum Gasteiger partial charge on any atom is 0.191 e. The number of halogens is 1. The van der Waals surface area contributed by atoms with Crippen LogP contribution < -0.4 is 15.5 Å². The molecule has 0 amide bonds. The van der Waals surface area contributed by atoms with E-state index >= 15 is 0 Å². The van der Waals surface area contributed by atoms with Crippen LogP contribution in [0, 0.1) is 13.8 Å². The summed E-state index contributed by atoms with van der Waals surface area (Å²) in [5.41, 5.74) is 3.09. The van der Waals surface area contributed by atoms with Crippen molar-refractivity contribution >= 4 is 35.8 Å². The quantitative estimate of drug-likeness (QED) is 0.370. The van der Waals surface area contributed by atoms with Crippen LogP contribution in [0.25, 0.3) is 0 Å². The molecule has 0 saturated carbocycles. The van der Waals surface area contributed by atoms with Crippen LogP contribution >= 0.6 is 24.0 Å². The van der Waals surface area contributed by atoms with Gasteiger partial charge in [0.25, 0.3) is 0 Å². The van der Waals surface area contributed by atoms with E-state index in [0.29, 0.717) is 13.1 Å². The van der Waals surface area contributed by atoms with E-state index in [1.165, 1.54) is 0 Å². The minimum Gasteiger partial charge on any atom is -0.361 e. The summed E-state index contributed by atoms with van der Waals surface area (Å²) in [6, 6.07) is 4.22. The van der Waals surface area contributed by atoms with Crippen LogP contribution in [0.15, 0.2) is 27.8 Å². The summed E-state index contributed by atoms with van der Waals surface area (Å²) >= 11 is 0. The highest BCUT2D eigenvalue weighted by Crippen LogP contribution is 2.14. The van der Waals surface area contributed by atoms with Gasteiger partial charge in [0.2, 0.25) is 0 Å². The zero-order valence-electron chi connectivity index (χ0n) is 17.0. The number of aliphatic imine (C=N–C) groups is 1. The van der Waals surface area contributed by atoms with Gasteiger partial charge in [-0.1, -0.05) is 11.2 Å². The van der Waals surface area contributed by atoms with Gasteiger partial charge < -0.3 is 25.0 Å².